The molecule has 2 aromatic heterocycles. The molecule has 0 aliphatic carbocycles. The van der Waals surface area contributed by atoms with Crippen molar-refractivity contribution >= 4 is 17.4 Å². The molecule has 0 spiro atoms. The molecule has 134 valence electrons. The van der Waals surface area contributed by atoms with Crippen molar-refractivity contribution in [2.24, 2.45) is 0 Å². The third-order valence-corrected chi connectivity index (χ3v) is 4.34. The van der Waals surface area contributed by atoms with Crippen LogP contribution in [0.3, 0.4) is 0 Å². The van der Waals surface area contributed by atoms with E-state index in [0.29, 0.717) is 18.0 Å². The van der Waals surface area contributed by atoms with Crippen molar-refractivity contribution < 1.29 is 9.53 Å². The Hall–Kier alpha value is -3.44. The summed E-state index contributed by atoms with van der Waals surface area (Å²) in [7, 11) is 1.65. The molecule has 0 radical (unpaired) electrons. The minimum absolute atomic E-state index is 0.179. The standard InChI is InChI=1S/C22H19N3O2/c1-27-15-16-10-12-18(13-11-16)22(26)24-21-20(17-7-3-2-4-8-17)23-19-9-5-6-14-25(19)21/h2-14H,15H2,1H3,(H,24,26). The maximum atomic E-state index is 12.8. The number of pyridine rings is 1. The zero-order valence-corrected chi connectivity index (χ0v) is 14.9. The van der Waals surface area contributed by atoms with Crippen LogP contribution in [-0.4, -0.2) is 22.4 Å². The molecular formula is C22H19N3O2. The largest absolute Gasteiger partial charge is 0.380 e. The highest BCUT2D eigenvalue weighted by Gasteiger charge is 2.17. The summed E-state index contributed by atoms with van der Waals surface area (Å²) in [5.74, 6) is 0.476. The molecule has 27 heavy (non-hydrogen) atoms. The zero-order valence-electron chi connectivity index (χ0n) is 14.9. The molecular weight excluding hydrogens is 338 g/mol. The minimum atomic E-state index is -0.179. The van der Waals surface area contributed by atoms with E-state index in [4.69, 9.17) is 9.72 Å². The second kappa shape index (κ2) is 7.43. The number of fused-ring (bicyclic) bond motifs is 1. The highest BCUT2D eigenvalue weighted by molar-refractivity contribution is 6.05. The number of carbonyl (C=O) groups is 1. The molecule has 0 bridgehead atoms. The van der Waals surface area contributed by atoms with E-state index in [9.17, 15) is 4.79 Å². The number of methoxy groups -OCH3 is 1. The Morgan fingerprint density at radius 1 is 1.00 bits per heavy atom. The van der Waals surface area contributed by atoms with Gasteiger partial charge in [-0.15, -0.1) is 0 Å². The fourth-order valence-corrected chi connectivity index (χ4v) is 3.01. The quantitative estimate of drug-likeness (QED) is 0.576. The number of amides is 1. The summed E-state index contributed by atoms with van der Waals surface area (Å²) >= 11 is 0. The van der Waals surface area contributed by atoms with Gasteiger partial charge < -0.3 is 10.1 Å². The van der Waals surface area contributed by atoms with Crippen LogP contribution in [-0.2, 0) is 11.3 Å². The van der Waals surface area contributed by atoms with E-state index in [1.165, 1.54) is 0 Å². The molecule has 0 aliphatic heterocycles. The smallest absolute Gasteiger partial charge is 0.256 e. The van der Waals surface area contributed by atoms with Crippen molar-refractivity contribution in [3.8, 4) is 11.3 Å². The molecule has 0 unspecified atom stereocenters. The van der Waals surface area contributed by atoms with Crippen molar-refractivity contribution in [1.29, 1.82) is 0 Å². The van der Waals surface area contributed by atoms with E-state index in [1.807, 2.05) is 71.3 Å². The third kappa shape index (κ3) is 3.45. The fourth-order valence-electron chi connectivity index (χ4n) is 3.01. The van der Waals surface area contributed by atoms with Crippen molar-refractivity contribution in [3.05, 3.63) is 90.1 Å². The number of hydrogen-bond donors (Lipinski definition) is 1. The summed E-state index contributed by atoms with van der Waals surface area (Å²) in [6, 6.07) is 23.0. The predicted molar refractivity (Wildman–Crippen MR) is 106 cm³/mol. The molecule has 2 aromatic carbocycles. The topological polar surface area (TPSA) is 55.6 Å². The SMILES string of the molecule is COCc1ccc(C(=O)Nc2c(-c3ccccc3)nc3ccccn23)cc1. The molecule has 0 aliphatic rings. The van der Waals surface area contributed by atoms with E-state index in [-0.39, 0.29) is 5.91 Å². The van der Waals surface area contributed by atoms with Gasteiger partial charge in [0.05, 0.1) is 6.61 Å². The van der Waals surface area contributed by atoms with Gasteiger partial charge in [0, 0.05) is 24.4 Å². The first-order valence-corrected chi connectivity index (χ1v) is 8.68. The van der Waals surface area contributed by atoms with E-state index in [2.05, 4.69) is 5.32 Å². The molecule has 4 rings (SSSR count). The average Bonchev–Trinajstić information content (AvgIpc) is 3.08. The van der Waals surface area contributed by atoms with Crippen LogP contribution >= 0.6 is 0 Å². The lowest BCUT2D eigenvalue weighted by Crippen LogP contribution is -2.14. The van der Waals surface area contributed by atoms with E-state index in [1.54, 1.807) is 19.2 Å². The number of nitrogens with zero attached hydrogens (tertiary/aromatic N) is 2. The molecule has 1 N–H and O–H groups in total. The number of nitrogens with one attached hydrogen (secondary N) is 1. The van der Waals surface area contributed by atoms with Crippen LogP contribution in [0.15, 0.2) is 79.0 Å². The van der Waals surface area contributed by atoms with Gasteiger partial charge in [-0.25, -0.2) is 4.98 Å². The maximum absolute atomic E-state index is 12.8. The molecule has 2 heterocycles. The summed E-state index contributed by atoms with van der Waals surface area (Å²) in [6.45, 7) is 0.521. The Morgan fingerprint density at radius 3 is 2.48 bits per heavy atom. The summed E-state index contributed by atoms with van der Waals surface area (Å²) in [6.07, 6.45) is 1.89. The Balaban J connectivity index is 1.71. The summed E-state index contributed by atoms with van der Waals surface area (Å²) in [5.41, 5.74) is 4.08. The lowest BCUT2D eigenvalue weighted by molar-refractivity contribution is 0.102. The number of benzene rings is 2. The number of anilines is 1. The summed E-state index contributed by atoms with van der Waals surface area (Å²) < 4.78 is 7.00. The normalized spacial score (nSPS) is 10.9. The van der Waals surface area contributed by atoms with Crippen LogP contribution in [0.5, 0.6) is 0 Å². The van der Waals surface area contributed by atoms with Crippen LogP contribution in [0.25, 0.3) is 16.9 Å². The van der Waals surface area contributed by atoms with Crippen LogP contribution in [0, 0.1) is 0 Å². The number of aromatic nitrogens is 2. The van der Waals surface area contributed by atoms with Crippen molar-refractivity contribution in [2.75, 3.05) is 12.4 Å². The van der Waals surface area contributed by atoms with Gasteiger partial charge in [-0.1, -0.05) is 48.5 Å². The van der Waals surface area contributed by atoms with Gasteiger partial charge in [0.2, 0.25) is 0 Å². The van der Waals surface area contributed by atoms with Crippen LogP contribution < -0.4 is 5.32 Å². The van der Waals surface area contributed by atoms with Crippen molar-refractivity contribution in [1.82, 2.24) is 9.38 Å². The van der Waals surface area contributed by atoms with Crippen molar-refractivity contribution in [2.45, 2.75) is 6.61 Å². The minimum Gasteiger partial charge on any atom is -0.380 e. The number of hydrogen-bond acceptors (Lipinski definition) is 3. The van der Waals surface area contributed by atoms with E-state index in [0.717, 1.165) is 22.5 Å². The van der Waals surface area contributed by atoms with Gasteiger partial charge >= 0.3 is 0 Å². The first-order valence-electron chi connectivity index (χ1n) is 8.68. The second-order valence-corrected chi connectivity index (χ2v) is 6.19. The van der Waals surface area contributed by atoms with Crippen LogP contribution in [0.1, 0.15) is 15.9 Å². The van der Waals surface area contributed by atoms with Gasteiger partial charge in [-0.2, -0.15) is 0 Å². The van der Waals surface area contributed by atoms with E-state index < -0.39 is 0 Å². The molecule has 0 saturated heterocycles. The Labute approximate surface area is 157 Å². The maximum Gasteiger partial charge on any atom is 0.256 e. The fraction of sp³-hybridized carbons (Fsp3) is 0.0909. The lowest BCUT2D eigenvalue weighted by atomic mass is 10.1. The van der Waals surface area contributed by atoms with Gasteiger partial charge in [-0.3, -0.25) is 9.20 Å². The number of carbonyl (C=O) groups excluding carboxylic acids is 1. The summed E-state index contributed by atoms with van der Waals surface area (Å²) in [5, 5.41) is 3.03. The molecule has 1 amide bonds. The molecule has 0 fully saturated rings. The highest BCUT2D eigenvalue weighted by atomic mass is 16.5. The Morgan fingerprint density at radius 2 is 1.74 bits per heavy atom. The first-order chi connectivity index (χ1) is 13.3. The summed E-state index contributed by atoms with van der Waals surface area (Å²) in [4.78, 5) is 17.5. The zero-order chi connectivity index (χ0) is 18.6. The third-order valence-electron chi connectivity index (χ3n) is 4.34. The van der Waals surface area contributed by atoms with E-state index >= 15 is 0 Å². The van der Waals surface area contributed by atoms with Gasteiger partial charge in [0.1, 0.15) is 17.2 Å². The van der Waals surface area contributed by atoms with Crippen LogP contribution in [0.4, 0.5) is 5.82 Å². The predicted octanol–water partition coefficient (Wildman–Crippen LogP) is 4.40. The van der Waals surface area contributed by atoms with Gasteiger partial charge in [-0.05, 0) is 29.8 Å². The Bertz CT molecular complexity index is 1070. The first kappa shape index (κ1) is 17.0. The second-order valence-electron chi connectivity index (χ2n) is 6.19. The lowest BCUT2D eigenvalue weighted by Gasteiger charge is -2.08. The van der Waals surface area contributed by atoms with Crippen molar-refractivity contribution in [3.63, 3.8) is 0 Å². The molecule has 0 saturated carbocycles. The molecule has 0 atom stereocenters. The Kier molecular flexibility index (Phi) is 4.68. The monoisotopic (exact) mass is 357 g/mol. The molecule has 5 heteroatoms. The number of ether oxygens (including phenoxy) is 1. The highest BCUT2D eigenvalue weighted by Crippen LogP contribution is 2.29. The number of imidazole rings is 1. The van der Waals surface area contributed by atoms with Gasteiger partial charge in [0.15, 0.2) is 0 Å². The van der Waals surface area contributed by atoms with Crippen LogP contribution in [0.2, 0.25) is 0 Å². The number of rotatable bonds is 5. The van der Waals surface area contributed by atoms with Gasteiger partial charge in [0.25, 0.3) is 5.91 Å². The molecule has 5 nitrogen and oxygen atoms in total. The average molecular weight is 357 g/mol. The molecule has 4 aromatic rings.